The van der Waals surface area contributed by atoms with Gasteiger partial charge in [0.05, 0.1) is 0 Å². The molecule has 4 nitrogen and oxygen atoms in total. The third kappa shape index (κ3) is 2.42. The predicted molar refractivity (Wildman–Crippen MR) is 78.3 cm³/mol. The molecule has 1 atom stereocenters. The first kappa shape index (κ1) is 12.8. The Morgan fingerprint density at radius 3 is 2.95 bits per heavy atom. The van der Waals surface area contributed by atoms with Crippen LogP contribution in [0.2, 0.25) is 0 Å². The second-order valence-corrected chi connectivity index (χ2v) is 5.01. The molecule has 2 heterocycles. The maximum absolute atomic E-state index is 12.1. The zero-order valence-electron chi connectivity index (χ0n) is 11.4. The average Bonchev–Trinajstić information content (AvgIpc) is 2.50. The van der Waals surface area contributed by atoms with E-state index in [-0.39, 0.29) is 11.9 Å². The first-order valence-electron chi connectivity index (χ1n) is 6.73. The molecule has 20 heavy (non-hydrogen) atoms. The summed E-state index contributed by atoms with van der Waals surface area (Å²) in [5.74, 6) is 0.146. The molecule has 3 rings (SSSR count). The second kappa shape index (κ2) is 5.43. The van der Waals surface area contributed by atoms with E-state index in [1.807, 2.05) is 43.6 Å². The van der Waals surface area contributed by atoms with Gasteiger partial charge in [-0.1, -0.05) is 24.3 Å². The molecule has 0 saturated carbocycles. The van der Waals surface area contributed by atoms with Crippen LogP contribution in [0.3, 0.4) is 0 Å². The van der Waals surface area contributed by atoms with Crippen molar-refractivity contribution in [3.05, 3.63) is 59.9 Å². The van der Waals surface area contributed by atoms with Crippen molar-refractivity contribution >= 4 is 11.6 Å². The third-order valence-corrected chi connectivity index (χ3v) is 3.70. The van der Waals surface area contributed by atoms with Crippen LogP contribution >= 0.6 is 0 Å². The van der Waals surface area contributed by atoms with Crippen molar-refractivity contribution in [1.82, 2.24) is 10.3 Å². The van der Waals surface area contributed by atoms with Gasteiger partial charge in [0.25, 0.3) is 0 Å². The number of hydrogen-bond donors (Lipinski definition) is 1. The van der Waals surface area contributed by atoms with Crippen molar-refractivity contribution in [2.24, 2.45) is 0 Å². The molecule has 1 unspecified atom stereocenters. The van der Waals surface area contributed by atoms with Crippen LogP contribution in [0.25, 0.3) is 0 Å². The van der Waals surface area contributed by atoms with Crippen molar-refractivity contribution < 1.29 is 4.79 Å². The number of anilines is 1. The molecule has 102 valence electrons. The summed E-state index contributed by atoms with van der Waals surface area (Å²) in [5.41, 5.74) is 3.29. The number of carbonyl (C=O) groups excluding carboxylic acids is 1. The maximum Gasteiger partial charge on any atom is 0.228 e. The molecule has 0 bridgehead atoms. The van der Waals surface area contributed by atoms with E-state index in [0.717, 1.165) is 11.3 Å². The van der Waals surface area contributed by atoms with Crippen LogP contribution < -0.4 is 10.2 Å². The fraction of sp³-hybridized carbons (Fsp3) is 0.250. The van der Waals surface area contributed by atoms with Gasteiger partial charge in [-0.15, -0.1) is 0 Å². The quantitative estimate of drug-likeness (QED) is 0.928. The van der Waals surface area contributed by atoms with Crippen molar-refractivity contribution in [2.45, 2.75) is 19.0 Å². The summed E-state index contributed by atoms with van der Waals surface area (Å²) in [6.45, 7) is 0.712. The standard InChI is InChI=1S/C16H17N3O/c1-19-15-7-3-2-6-13(15)14(9-16(19)20)18-11-12-5-4-8-17-10-12/h2-8,10,14,18H,9,11H2,1H3. The summed E-state index contributed by atoms with van der Waals surface area (Å²) in [5, 5.41) is 3.46. The van der Waals surface area contributed by atoms with Gasteiger partial charge in [-0.25, -0.2) is 0 Å². The zero-order valence-corrected chi connectivity index (χ0v) is 11.4. The fourth-order valence-corrected chi connectivity index (χ4v) is 2.57. The molecule has 0 spiro atoms. The molecule has 0 radical (unpaired) electrons. The minimum atomic E-state index is 0.0649. The predicted octanol–water partition coefficient (Wildman–Crippen LogP) is 2.28. The zero-order chi connectivity index (χ0) is 13.9. The Bertz CT molecular complexity index is 612. The largest absolute Gasteiger partial charge is 0.315 e. The highest BCUT2D eigenvalue weighted by Gasteiger charge is 2.28. The highest BCUT2D eigenvalue weighted by atomic mass is 16.2. The number of fused-ring (bicyclic) bond motifs is 1. The van der Waals surface area contributed by atoms with Gasteiger partial charge < -0.3 is 10.2 Å². The van der Waals surface area contributed by atoms with Crippen molar-refractivity contribution in [3.63, 3.8) is 0 Å². The Kier molecular flexibility index (Phi) is 3.48. The lowest BCUT2D eigenvalue weighted by Gasteiger charge is -2.32. The lowest BCUT2D eigenvalue weighted by atomic mass is 9.96. The summed E-state index contributed by atoms with van der Waals surface area (Å²) in [4.78, 5) is 17.9. The molecule has 1 aromatic heterocycles. The van der Waals surface area contributed by atoms with E-state index in [2.05, 4.69) is 16.4 Å². The fourth-order valence-electron chi connectivity index (χ4n) is 2.57. The van der Waals surface area contributed by atoms with E-state index in [1.54, 1.807) is 11.1 Å². The van der Waals surface area contributed by atoms with E-state index in [1.165, 1.54) is 5.56 Å². The monoisotopic (exact) mass is 267 g/mol. The first-order chi connectivity index (χ1) is 9.75. The average molecular weight is 267 g/mol. The van der Waals surface area contributed by atoms with Gasteiger partial charge in [-0.3, -0.25) is 9.78 Å². The Hall–Kier alpha value is -2.20. The molecule has 4 heteroatoms. The summed E-state index contributed by atoms with van der Waals surface area (Å²) in [6.07, 6.45) is 4.10. The van der Waals surface area contributed by atoms with Gasteiger partial charge in [-0.2, -0.15) is 0 Å². The smallest absolute Gasteiger partial charge is 0.228 e. The van der Waals surface area contributed by atoms with Gasteiger partial charge in [0.2, 0.25) is 5.91 Å². The molecule has 1 aliphatic heterocycles. The number of benzene rings is 1. The van der Waals surface area contributed by atoms with Crippen molar-refractivity contribution in [1.29, 1.82) is 0 Å². The van der Waals surface area contributed by atoms with Gasteiger partial charge >= 0.3 is 0 Å². The highest BCUT2D eigenvalue weighted by Crippen LogP contribution is 2.33. The lowest BCUT2D eigenvalue weighted by molar-refractivity contribution is -0.119. The van der Waals surface area contributed by atoms with Gasteiger partial charge in [0.15, 0.2) is 0 Å². The number of pyridine rings is 1. The number of para-hydroxylation sites is 1. The number of aromatic nitrogens is 1. The van der Waals surface area contributed by atoms with Crippen LogP contribution in [0.1, 0.15) is 23.6 Å². The van der Waals surface area contributed by atoms with Gasteiger partial charge in [-0.05, 0) is 23.3 Å². The van der Waals surface area contributed by atoms with Crippen LogP contribution in [0.5, 0.6) is 0 Å². The number of hydrogen-bond acceptors (Lipinski definition) is 3. The molecular formula is C16H17N3O. The first-order valence-corrected chi connectivity index (χ1v) is 6.73. The Balaban J connectivity index is 1.80. The molecule has 1 aromatic carbocycles. The minimum Gasteiger partial charge on any atom is -0.315 e. The Morgan fingerprint density at radius 1 is 1.30 bits per heavy atom. The van der Waals surface area contributed by atoms with Crippen molar-refractivity contribution in [2.75, 3.05) is 11.9 Å². The molecule has 2 aromatic rings. The number of nitrogens with zero attached hydrogens (tertiary/aromatic N) is 2. The number of nitrogens with one attached hydrogen (secondary N) is 1. The van der Waals surface area contributed by atoms with Crippen LogP contribution in [0, 0.1) is 0 Å². The van der Waals surface area contributed by atoms with Gasteiger partial charge in [0.1, 0.15) is 0 Å². The number of carbonyl (C=O) groups is 1. The molecule has 0 aliphatic carbocycles. The summed E-state index contributed by atoms with van der Waals surface area (Å²) < 4.78 is 0. The molecular weight excluding hydrogens is 250 g/mol. The lowest BCUT2D eigenvalue weighted by Crippen LogP contribution is -2.37. The van der Waals surface area contributed by atoms with Crippen molar-refractivity contribution in [3.8, 4) is 0 Å². The SMILES string of the molecule is CN1C(=O)CC(NCc2cccnc2)c2ccccc21. The minimum absolute atomic E-state index is 0.0649. The Morgan fingerprint density at radius 2 is 2.15 bits per heavy atom. The van der Waals surface area contributed by atoms with Crippen LogP contribution in [-0.2, 0) is 11.3 Å². The van der Waals surface area contributed by atoms with E-state index >= 15 is 0 Å². The van der Waals surface area contributed by atoms with E-state index in [9.17, 15) is 4.79 Å². The number of rotatable bonds is 3. The van der Waals surface area contributed by atoms with E-state index < -0.39 is 0 Å². The molecule has 1 N–H and O–H groups in total. The van der Waals surface area contributed by atoms with E-state index in [4.69, 9.17) is 0 Å². The molecule has 0 fully saturated rings. The van der Waals surface area contributed by atoms with E-state index in [0.29, 0.717) is 13.0 Å². The summed E-state index contributed by atoms with van der Waals surface area (Å²) >= 11 is 0. The van der Waals surface area contributed by atoms with Crippen LogP contribution in [0.4, 0.5) is 5.69 Å². The highest BCUT2D eigenvalue weighted by molar-refractivity contribution is 5.96. The second-order valence-electron chi connectivity index (χ2n) is 5.01. The maximum atomic E-state index is 12.1. The summed E-state index contributed by atoms with van der Waals surface area (Å²) in [6, 6.07) is 12.1. The third-order valence-electron chi connectivity index (χ3n) is 3.70. The molecule has 1 amide bonds. The van der Waals surface area contributed by atoms with Crippen LogP contribution in [0.15, 0.2) is 48.8 Å². The normalized spacial score (nSPS) is 17.9. The molecule has 1 aliphatic rings. The topological polar surface area (TPSA) is 45.2 Å². The number of amides is 1. The van der Waals surface area contributed by atoms with Gasteiger partial charge in [0, 0.05) is 44.1 Å². The van der Waals surface area contributed by atoms with Crippen LogP contribution in [-0.4, -0.2) is 17.9 Å². The Labute approximate surface area is 118 Å². The summed E-state index contributed by atoms with van der Waals surface area (Å²) in [7, 11) is 1.83. The molecule has 0 saturated heterocycles.